The van der Waals surface area contributed by atoms with Crippen LogP contribution in [0.2, 0.25) is 0 Å². The molecular formula is C19H26FN3O4S. The Labute approximate surface area is 168 Å². The SMILES string of the molecule is CC(NSCCOCCN1CC(=O)NC1=O)c1ccc(F)c(OCC2CC2)c1. The highest BCUT2D eigenvalue weighted by Crippen LogP contribution is 2.31. The number of nitrogens with one attached hydrogen (secondary N) is 2. The minimum Gasteiger partial charge on any atom is -0.490 e. The van der Waals surface area contributed by atoms with Gasteiger partial charge in [0.15, 0.2) is 11.6 Å². The predicted molar refractivity (Wildman–Crippen MR) is 105 cm³/mol. The number of imide groups is 1. The van der Waals surface area contributed by atoms with Crippen molar-refractivity contribution in [1.29, 1.82) is 0 Å². The number of hydrogen-bond donors (Lipinski definition) is 2. The second kappa shape index (κ2) is 10.1. The highest BCUT2D eigenvalue weighted by Gasteiger charge is 2.26. The zero-order chi connectivity index (χ0) is 19.9. The van der Waals surface area contributed by atoms with Gasteiger partial charge in [0.05, 0.1) is 19.8 Å². The van der Waals surface area contributed by atoms with Gasteiger partial charge >= 0.3 is 6.03 Å². The fourth-order valence-electron chi connectivity index (χ4n) is 2.69. The molecule has 1 saturated heterocycles. The molecule has 0 aromatic heterocycles. The number of carbonyl (C=O) groups is 2. The molecule has 2 N–H and O–H groups in total. The maximum Gasteiger partial charge on any atom is 0.324 e. The van der Waals surface area contributed by atoms with Crippen molar-refractivity contribution in [2.24, 2.45) is 5.92 Å². The third-order valence-corrected chi connectivity index (χ3v) is 5.48. The molecule has 3 rings (SSSR count). The molecule has 0 radical (unpaired) electrons. The Morgan fingerprint density at radius 2 is 2.18 bits per heavy atom. The first-order valence-corrected chi connectivity index (χ1v) is 10.5. The van der Waals surface area contributed by atoms with Crippen molar-refractivity contribution in [3.63, 3.8) is 0 Å². The van der Waals surface area contributed by atoms with Crippen LogP contribution < -0.4 is 14.8 Å². The molecule has 28 heavy (non-hydrogen) atoms. The number of rotatable bonds is 12. The van der Waals surface area contributed by atoms with Gasteiger partial charge in [-0.05, 0) is 43.4 Å². The summed E-state index contributed by atoms with van der Waals surface area (Å²) in [4.78, 5) is 23.9. The number of urea groups is 1. The third-order valence-electron chi connectivity index (χ3n) is 4.59. The molecule has 9 heteroatoms. The Balaban J connectivity index is 1.29. The van der Waals surface area contributed by atoms with Gasteiger partial charge in [-0.1, -0.05) is 18.0 Å². The number of nitrogens with zero attached hydrogens (tertiary/aromatic N) is 1. The normalized spacial score (nSPS) is 17.7. The van der Waals surface area contributed by atoms with Crippen LogP contribution in [-0.4, -0.2) is 55.5 Å². The average Bonchev–Trinajstić information content (AvgIpc) is 3.44. The van der Waals surface area contributed by atoms with E-state index < -0.39 is 0 Å². The van der Waals surface area contributed by atoms with Crippen LogP contribution in [0.15, 0.2) is 18.2 Å². The van der Waals surface area contributed by atoms with Gasteiger partial charge in [0.2, 0.25) is 5.91 Å². The lowest BCUT2D eigenvalue weighted by atomic mass is 10.1. The Bertz CT molecular complexity index is 702. The van der Waals surface area contributed by atoms with Crippen molar-refractivity contribution in [2.75, 3.05) is 38.7 Å². The van der Waals surface area contributed by atoms with E-state index in [4.69, 9.17) is 9.47 Å². The van der Waals surface area contributed by atoms with Crippen LogP contribution in [0.3, 0.4) is 0 Å². The summed E-state index contributed by atoms with van der Waals surface area (Å²) in [6.07, 6.45) is 2.34. The number of amides is 3. The quantitative estimate of drug-likeness (QED) is 0.313. The largest absolute Gasteiger partial charge is 0.490 e. The fraction of sp³-hybridized carbons (Fsp3) is 0.579. The van der Waals surface area contributed by atoms with E-state index in [1.165, 1.54) is 35.8 Å². The van der Waals surface area contributed by atoms with Crippen LogP contribution in [0.4, 0.5) is 9.18 Å². The standard InChI is InChI=1S/C19H26FN3O4S/c1-13(15-4-5-16(20)17(10-15)27-12-14-2-3-14)22-28-9-8-26-7-6-23-11-18(24)21-19(23)25/h4-5,10,13-14,22H,2-3,6-9,11-12H2,1H3,(H,21,24,25). The number of ether oxygens (including phenoxy) is 2. The van der Waals surface area contributed by atoms with Gasteiger partial charge in [0.1, 0.15) is 6.54 Å². The predicted octanol–water partition coefficient (Wildman–Crippen LogP) is 2.48. The molecule has 1 aromatic carbocycles. The molecule has 1 aliphatic heterocycles. The molecule has 154 valence electrons. The minimum absolute atomic E-state index is 0.0354. The lowest BCUT2D eigenvalue weighted by Gasteiger charge is -2.16. The molecule has 1 unspecified atom stereocenters. The lowest BCUT2D eigenvalue weighted by Crippen LogP contribution is -2.31. The third kappa shape index (κ3) is 6.35. The van der Waals surface area contributed by atoms with E-state index in [-0.39, 0.29) is 30.3 Å². The van der Waals surface area contributed by atoms with Crippen LogP contribution >= 0.6 is 11.9 Å². The van der Waals surface area contributed by atoms with Crippen molar-refractivity contribution in [3.05, 3.63) is 29.6 Å². The summed E-state index contributed by atoms with van der Waals surface area (Å²) in [5.74, 6) is 1.01. The zero-order valence-electron chi connectivity index (χ0n) is 15.9. The van der Waals surface area contributed by atoms with Gasteiger partial charge in [0.25, 0.3) is 0 Å². The van der Waals surface area contributed by atoms with E-state index in [0.29, 0.717) is 38.0 Å². The molecule has 2 fully saturated rings. The smallest absolute Gasteiger partial charge is 0.324 e. The van der Waals surface area contributed by atoms with Gasteiger partial charge in [-0.2, -0.15) is 0 Å². The van der Waals surface area contributed by atoms with Crippen LogP contribution in [0, 0.1) is 11.7 Å². The summed E-state index contributed by atoms with van der Waals surface area (Å²) in [5, 5.41) is 2.23. The molecule has 3 amide bonds. The number of hydrogen-bond acceptors (Lipinski definition) is 6. The zero-order valence-corrected chi connectivity index (χ0v) is 16.7. The van der Waals surface area contributed by atoms with E-state index in [9.17, 15) is 14.0 Å². The number of carbonyl (C=O) groups excluding carboxylic acids is 2. The van der Waals surface area contributed by atoms with Gasteiger partial charge in [-0.3, -0.25) is 14.8 Å². The summed E-state index contributed by atoms with van der Waals surface area (Å²) in [7, 11) is 0. The molecule has 0 bridgehead atoms. The Morgan fingerprint density at radius 3 is 2.89 bits per heavy atom. The van der Waals surface area contributed by atoms with E-state index in [1.54, 1.807) is 12.1 Å². The molecule has 1 atom stereocenters. The number of benzene rings is 1. The topological polar surface area (TPSA) is 79.9 Å². The van der Waals surface area contributed by atoms with Crippen molar-refractivity contribution in [3.8, 4) is 5.75 Å². The van der Waals surface area contributed by atoms with E-state index >= 15 is 0 Å². The Hall–Kier alpha value is -1.84. The lowest BCUT2D eigenvalue weighted by molar-refractivity contribution is -0.118. The second-order valence-electron chi connectivity index (χ2n) is 7.02. The number of halogens is 1. The summed E-state index contributed by atoms with van der Waals surface area (Å²) in [5.41, 5.74) is 0.963. The first kappa shape index (κ1) is 20.9. The van der Waals surface area contributed by atoms with Crippen molar-refractivity contribution < 1.29 is 23.5 Å². The summed E-state index contributed by atoms with van der Waals surface area (Å²) < 4.78 is 28.3. The maximum absolute atomic E-state index is 13.9. The van der Waals surface area contributed by atoms with Crippen LogP contribution in [-0.2, 0) is 9.53 Å². The molecular weight excluding hydrogens is 385 g/mol. The van der Waals surface area contributed by atoms with Crippen LogP contribution in [0.25, 0.3) is 0 Å². The summed E-state index contributed by atoms with van der Waals surface area (Å²) in [6.45, 7) is 3.99. The van der Waals surface area contributed by atoms with Crippen molar-refractivity contribution >= 4 is 23.9 Å². The van der Waals surface area contributed by atoms with Crippen molar-refractivity contribution in [1.82, 2.24) is 14.9 Å². The van der Waals surface area contributed by atoms with E-state index in [0.717, 1.165) is 11.3 Å². The van der Waals surface area contributed by atoms with E-state index in [2.05, 4.69) is 10.0 Å². The monoisotopic (exact) mass is 411 g/mol. The maximum atomic E-state index is 13.9. The Morgan fingerprint density at radius 1 is 1.36 bits per heavy atom. The molecule has 0 spiro atoms. The van der Waals surface area contributed by atoms with Gasteiger partial charge in [-0.15, -0.1) is 0 Å². The minimum atomic E-state index is -0.363. The molecule has 1 aliphatic carbocycles. The molecule has 1 heterocycles. The molecule has 1 aromatic rings. The first-order valence-electron chi connectivity index (χ1n) is 9.49. The molecule has 2 aliphatic rings. The van der Waals surface area contributed by atoms with Gasteiger partial charge in [-0.25, -0.2) is 9.18 Å². The first-order chi connectivity index (χ1) is 13.5. The highest BCUT2D eigenvalue weighted by molar-refractivity contribution is 7.97. The average molecular weight is 411 g/mol. The van der Waals surface area contributed by atoms with Crippen LogP contribution in [0.5, 0.6) is 5.75 Å². The van der Waals surface area contributed by atoms with Gasteiger partial charge < -0.3 is 14.4 Å². The second-order valence-corrected chi connectivity index (χ2v) is 7.95. The summed E-state index contributed by atoms with van der Waals surface area (Å²) >= 11 is 1.52. The Kier molecular flexibility index (Phi) is 7.52. The molecule has 1 saturated carbocycles. The fourth-order valence-corrected chi connectivity index (χ4v) is 3.39. The van der Waals surface area contributed by atoms with E-state index in [1.807, 2.05) is 6.92 Å². The summed E-state index contributed by atoms with van der Waals surface area (Å²) in [6, 6.07) is 4.64. The van der Waals surface area contributed by atoms with Crippen molar-refractivity contribution in [2.45, 2.75) is 25.8 Å². The highest BCUT2D eigenvalue weighted by atomic mass is 32.2. The van der Waals surface area contributed by atoms with Crippen LogP contribution in [0.1, 0.15) is 31.4 Å². The van der Waals surface area contributed by atoms with Gasteiger partial charge in [0, 0.05) is 18.3 Å². The molecule has 7 nitrogen and oxygen atoms in total.